The Bertz CT molecular complexity index is 97.7. The number of hydrogen-bond donors (Lipinski definition) is 2. The average Bonchev–Trinajstić information content (AvgIpc) is 2.03. The minimum Gasteiger partial charge on any atom is -0.394 e. The summed E-state index contributed by atoms with van der Waals surface area (Å²) in [6, 6.07) is 0. The third kappa shape index (κ3) is 13.4. The van der Waals surface area contributed by atoms with Gasteiger partial charge >= 0.3 is 0 Å². The Kier molecular flexibility index (Phi) is 13.1. The standard InChI is InChI=1S/C3H5Br2NO.C2H6O2/c1-2-3(7)6(4)5;3-1-2-4/h2H2,1H3;3-4H,1-2H2. The van der Waals surface area contributed by atoms with E-state index in [1.807, 2.05) is 0 Å². The Hall–Kier alpha value is 0.350. The van der Waals surface area contributed by atoms with Crippen LogP contribution in [-0.2, 0) is 4.79 Å². The fourth-order valence-corrected chi connectivity index (χ4v) is 0.621. The van der Waals surface area contributed by atoms with Crippen molar-refractivity contribution in [3.05, 3.63) is 0 Å². The summed E-state index contributed by atoms with van der Waals surface area (Å²) < 4.78 is 1.21. The van der Waals surface area contributed by atoms with Crippen LogP contribution in [0.25, 0.3) is 0 Å². The molecule has 0 atom stereocenters. The van der Waals surface area contributed by atoms with Gasteiger partial charge in [0.2, 0.25) is 5.91 Å². The molecule has 0 saturated heterocycles. The Morgan fingerprint density at radius 1 is 1.36 bits per heavy atom. The van der Waals surface area contributed by atoms with Gasteiger partial charge in [-0.25, -0.2) is 2.95 Å². The van der Waals surface area contributed by atoms with Crippen molar-refractivity contribution >= 4 is 38.2 Å². The first kappa shape index (κ1) is 13.9. The molecule has 2 N–H and O–H groups in total. The monoisotopic (exact) mass is 291 g/mol. The van der Waals surface area contributed by atoms with Crippen LogP contribution in [0.5, 0.6) is 0 Å². The van der Waals surface area contributed by atoms with Crippen LogP contribution >= 0.6 is 32.3 Å². The molecule has 1 amide bonds. The number of nitrogens with zero attached hydrogens (tertiary/aromatic N) is 1. The second-order valence-corrected chi connectivity index (χ2v) is 3.80. The molecule has 0 aliphatic heterocycles. The van der Waals surface area contributed by atoms with E-state index >= 15 is 0 Å². The van der Waals surface area contributed by atoms with Gasteiger partial charge in [0, 0.05) is 6.42 Å². The summed E-state index contributed by atoms with van der Waals surface area (Å²) in [5, 5.41) is 15.2. The molecule has 0 aromatic heterocycles. The third-order valence-corrected chi connectivity index (χ3v) is 1.38. The van der Waals surface area contributed by atoms with Crippen LogP contribution in [0, 0.1) is 0 Å². The molecule has 4 nitrogen and oxygen atoms in total. The van der Waals surface area contributed by atoms with Crippen LogP contribution in [0.4, 0.5) is 0 Å². The summed E-state index contributed by atoms with van der Waals surface area (Å²) in [7, 11) is 0. The van der Waals surface area contributed by atoms with E-state index in [0.717, 1.165) is 0 Å². The molecule has 0 fully saturated rings. The minimum atomic E-state index is -0.125. The second kappa shape index (κ2) is 10.3. The Balaban J connectivity index is 0. The maximum absolute atomic E-state index is 10.3. The van der Waals surface area contributed by atoms with Crippen molar-refractivity contribution in [3.8, 4) is 0 Å². The minimum absolute atomic E-state index is 0.0139. The molecule has 68 valence electrons. The van der Waals surface area contributed by atoms with Crippen LogP contribution in [-0.4, -0.2) is 32.3 Å². The van der Waals surface area contributed by atoms with Gasteiger partial charge in [-0.3, -0.25) is 4.79 Å². The van der Waals surface area contributed by atoms with Gasteiger partial charge in [0.1, 0.15) is 0 Å². The van der Waals surface area contributed by atoms with Crippen LogP contribution in [0.2, 0.25) is 0 Å². The first-order valence-electron chi connectivity index (χ1n) is 2.96. The van der Waals surface area contributed by atoms with E-state index < -0.39 is 0 Å². The molecule has 0 rings (SSSR count). The van der Waals surface area contributed by atoms with Crippen molar-refractivity contribution in [2.75, 3.05) is 13.2 Å². The zero-order chi connectivity index (χ0) is 9.28. The SMILES string of the molecule is CCC(=O)N(Br)Br.OCCO. The van der Waals surface area contributed by atoms with E-state index in [9.17, 15) is 4.79 Å². The third-order valence-electron chi connectivity index (χ3n) is 0.591. The van der Waals surface area contributed by atoms with Crippen molar-refractivity contribution < 1.29 is 15.0 Å². The summed E-state index contributed by atoms with van der Waals surface area (Å²) in [5.41, 5.74) is 0. The van der Waals surface area contributed by atoms with Gasteiger partial charge in [-0.15, -0.1) is 0 Å². The first-order chi connectivity index (χ1) is 5.09. The highest BCUT2D eigenvalue weighted by Crippen LogP contribution is 2.06. The van der Waals surface area contributed by atoms with E-state index in [4.69, 9.17) is 10.2 Å². The Labute approximate surface area is 82.9 Å². The molecule has 0 aromatic carbocycles. The van der Waals surface area contributed by atoms with Crippen molar-refractivity contribution in [3.63, 3.8) is 0 Å². The lowest BCUT2D eigenvalue weighted by atomic mass is 10.5. The molecule has 11 heavy (non-hydrogen) atoms. The molecule has 0 heterocycles. The van der Waals surface area contributed by atoms with Gasteiger partial charge in [0.05, 0.1) is 45.5 Å². The normalized spacial score (nSPS) is 8.09. The topological polar surface area (TPSA) is 60.8 Å². The Morgan fingerprint density at radius 3 is 1.73 bits per heavy atom. The fraction of sp³-hybridized carbons (Fsp3) is 0.800. The number of aliphatic hydroxyl groups excluding tert-OH is 2. The number of aliphatic hydroxyl groups is 2. The maximum atomic E-state index is 10.3. The summed E-state index contributed by atoms with van der Waals surface area (Å²) in [5.74, 6) is 0.0139. The molecule has 0 saturated carbocycles. The zero-order valence-corrected chi connectivity index (χ0v) is 9.30. The molecular weight excluding hydrogens is 282 g/mol. The van der Waals surface area contributed by atoms with Gasteiger partial charge in [-0.1, -0.05) is 6.92 Å². The van der Waals surface area contributed by atoms with E-state index in [1.165, 1.54) is 2.95 Å². The molecule has 6 heteroatoms. The number of carbonyl (C=O) groups excluding carboxylic acids is 1. The number of amides is 1. The smallest absolute Gasteiger partial charge is 0.242 e. The van der Waals surface area contributed by atoms with Crippen molar-refractivity contribution in [2.45, 2.75) is 13.3 Å². The molecule has 0 bridgehead atoms. The fourth-order valence-electron chi connectivity index (χ4n) is 0.120. The summed E-state index contributed by atoms with van der Waals surface area (Å²) in [6.45, 7) is 1.54. The number of hydrogen-bond acceptors (Lipinski definition) is 3. The molecule has 0 spiro atoms. The predicted octanol–water partition coefficient (Wildman–Crippen LogP) is 0.816. The lowest BCUT2D eigenvalue weighted by molar-refractivity contribution is -0.121. The van der Waals surface area contributed by atoms with Gasteiger partial charge in [-0.2, -0.15) is 0 Å². The van der Waals surface area contributed by atoms with E-state index in [0.29, 0.717) is 6.42 Å². The largest absolute Gasteiger partial charge is 0.394 e. The Morgan fingerprint density at radius 2 is 1.73 bits per heavy atom. The van der Waals surface area contributed by atoms with Gasteiger partial charge in [0.15, 0.2) is 0 Å². The van der Waals surface area contributed by atoms with Crippen LogP contribution in [0.1, 0.15) is 13.3 Å². The van der Waals surface area contributed by atoms with Crippen molar-refractivity contribution in [1.29, 1.82) is 0 Å². The number of halogens is 2. The van der Waals surface area contributed by atoms with Crippen LogP contribution < -0.4 is 0 Å². The highest BCUT2D eigenvalue weighted by Gasteiger charge is 2.00. The molecule has 0 aromatic rings. The van der Waals surface area contributed by atoms with E-state index in [-0.39, 0.29) is 19.1 Å². The summed E-state index contributed by atoms with van der Waals surface area (Å²) in [4.78, 5) is 10.3. The molecule has 0 radical (unpaired) electrons. The second-order valence-electron chi connectivity index (χ2n) is 1.43. The quantitative estimate of drug-likeness (QED) is 0.741. The molecular formula is C5H11Br2NO3. The number of rotatable bonds is 2. The summed E-state index contributed by atoms with van der Waals surface area (Å²) in [6.07, 6.45) is 0.510. The van der Waals surface area contributed by atoms with E-state index in [2.05, 4.69) is 32.3 Å². The molecule has 0 unspecified atom stereocenters. The van der Waals surface area contributed by atoms with Gasteiger partial charge in [-0.05, 0) is 0 Å². The maximum Gasteiger partial charge on any atom is 0.242 e. The molecule has 0 aliphatic rings. The summed E-state index contributed by atoms with van der Waals surface area (Å²) >= 11 is 5.80. The van der Waals surface area contributed by atoms with Crippen molar-refractivity contribution in [2.24, 2.45) is 0 Å². The predicted molar refractivity (Wildman–Crippen MR) is 49.2 cm³/mol. The van der Waals surface area contributed by atoms with E-state index in [1.54, 1.807) is 6.92 Å². The lowest BCUT2D eigenvalue weighted by Gasteiger charge is -1.98. The molecule has 0 aliphatic carbocycles. The van der Waals surface area contributed by atoms with Gasteiger partial charge < -0.3 is 10.2 Å². The zero-order valence-electron chi connectivity index (χ0n) is 6.13. The highest BCUT2D eigenvalue weighted by molar-refractivity contribution is 9.21. The highest BCUT2D eigenvalue weighted by atomic mass is 79.9. The van der Waals surface area contributed by atoms with Crippen LogP contribution in [0.15, 0.2) is 0 Å². The van der Waals surface area contributed by atoms with Crippen LogP contribution in [0.3, 0.4) is 0 Å². The first-order valence-corrected chi connectivity index (χ1v) is 4.38. The number of carbonyl (C=O) groups is 1. The van der Waals surface area contributed by atoms with Crippen molar-refractivity contribution in [1.82, 2.24) is 2.95 Å². The lowest BCUT2D eigenvalue weighted by Crippen LogP contribution is -2.06. The average molecular weight is 293 g/mol. The van der Waals surface area contributed by atoms with Gasteiger partial charge in [0.25, 0.3) is 0 Å².